The van der Waals surface area contributed by atoms with Gasteiger partial charge in [0.25, 0.3) is 5.82 Å². The van der Waals surface area contributed by atoms with Gasteiger partial charge in [0, 0.05) is 4.90 Å². The number of thiol groups is 1. The lowest BCUT2D eigenvalue weighted by Crippen LogP contribution is -2.10. The van der Waals surface area contributed by atoms with Gasteiger partial charge in [0.05, 0.1) is 5.69 Å². The Labute approximate surface area is 138 Å². The molecule has 0 aliphatic carbocycles. The van der Waals surface area contributed by atoms with Crippen molar-refractivity contribution in [1.29, 1.82) is 0 Å². The number of benzene rings is 1. The van der Waals surface area contributed by atoms with E-state index in [1.54, 1.807) is 6.07 Å². The van der Waals surface area contributed by atoms with Crippen LogP contribution in [0.2, 0.25) is 0 Å². The van der Waals surface area contributed by atoms with Crippen molar-refractivity contribution in [2.24, 2.45) is 0 Å². The zero-order valence-corrected chi connectivity index (χ0v) is 14.2. The molecule has 0 amide bonds. The maximum Gasteiger partial charge on any atom is 0.453 e. The summed E-state index contributed by atoms with van der Waals surface area (Å²) in [4.78, 5) is 4.01. The van der Waals surface area contributed by atoms with E-state index in [1.807, 2.05) is 33.8 Å². The predicted molar refractivity (Wildman–Crippen MR) is 86.2 cm³/mol. The highest BCUT2D eigenvalue weighted by atomic mass is 32.1. The summed E-state index contributed by atoms with van der Waals surface area (Å²) in [6.45, 7) is 7.98. The quantitative estimate of drug-likeness (QED) is 0.811. The molecule has 0 radical (unpaired) electrons. The molecule has 2 rings (SSSR count). The van der Waals surface area contributed by atoms with E-state index < -0.39 is 12.0 Å². The molecular formula is C15H19F3N4S. The van der Waals surface area contributed by atoms with Gasteiger partial charge in [-0.05, 0) is 29.0 Å². The molecule has 0 atom stereocenters. The van der Waals surface area contributed by atoms with Crippen LogP contribution >= 0.6 is 12.6 Å². The second kappa shape index (κ2) is 6.07. The standard InChI is InChI=1S/C15H19F3N4S/c1-7(2)9-5-10(8(3)4)12(23)6-11(9)22-14(19)20-13(21-22)15(16,17)18/h5-8,23H,1-4H3,(H2,19,20,21). The van der Waals surface area contributed by atoms with E-state index in [0.29, 0.717) is 10.6 Å². The first kappa shape index (κ1) is 17.7. The molecular weight excluding hydrogens is 325 g/mol. The lowest BCUT2D eigenvalue weighted by atomic mass is 9.94. The van der Waals surface area contributed by atoms with Gasteiger partial charge in [-0.15, -0.1) is 17.7 Å². The summed E-state index contributed by atoms with van der Waals surface area (Å²) in [5.74, 6) is -1.23. The van der Waals surface area contributed by atoms with Crippen molar-refractivity contribution >= 4 is 18.6 Å². The normalized spacial score (nSPS) is 12.4. The number of nitrogens with two attached hydrogens (primary N) is 1. The summed E-state index contributed by atoms with van der Waals surface area (Å²) in [5, 5.41) is 3.53. The fourth-order valence-corrected chi connectivity index (χ4v) is 2.79. The molecule has 0 aliphatic heterocycles. The maximum atomic E-state index is 12.8. The molecule has 126 valence electrons. The Morgan fingerprint density at radius 1 is 1.09 bits per heavy atom. The van der Waals surface area contributed by atoms with E-state index in [4.69, 9.17) is 5.73 Å². The van der Waals surface area contributed by atoms with Gasteiger partial charge in [-0.25, -0.2) is 0 Å². The molecule has 0 spiro atoms. The number of anilines is 1. The van der Waals surface area contributed by atoms with Crippen LogP contribution in [-0.4, -0.2) is 14.8 Å². The summed E-state index contributed by atoms with van der Waals surface area (Å²) in [6.07, 6.45) is -4.64. The summed E-state index contributed by atoms with van der Waals surface area (Å²) < 4.78 is 39.4. The van der Waals surface area contributed by atoms with Crippen LogP contribution in [0.4, 0.5) is 19.1 Å². The van der Waals surface area contributed by atoms with Gasteiger partial charge in [-0.2, -0.15) is 22.8 Å². The van der Waals surface area contributed by atoms with Gasteiger partial charge in [-0.1, -0.05) is 33.8 Å². The fraction of sp³-hybridized carbons (Fsp3) is 0.467. The molecule has 0 saturated carbocycles. The third-order valence-electron chi connectivity index (χ3n) is 3.53. The summed E-state index contributed by atoms with van der Waals surface area (Å²) in [5.41, 5.74) is 7.99. The molecule has 1 aromatic carbocycles. The molecule has 2 aromatic rings. The van der Waals surface area contributed by atoms with Crippen LogP contribution in [0.5, 0.6) is 0 Å². The van der Waals surface area contributed by atoms with Crippen molar-refractivity contribution in [3.05, 3.63) is 29.1 Å². The monoisotopic (exact) mass is 344 g/mol. The lowest BCUT2D eigenvalue weighted by Gasteiger charge is -2.18. The molecule has 1 heterocycles. The van der Waals surface area contributed by atoms with Gasteiger partial charge in [0.15, 0.2) is 0 Å². The van der Waals surface area contributed by atoms with Gasteiger partial charge >= 0.3 is 6.18 Å². The van der Waals surface area contributed by atoms with Crippen LogP contribution in [0.25, 0.3) is 5.69 Å². The smallest absolute Gasteiger partial charge is 0.368 e. The van der Waals surface area contributed by atoms with Crippen molar-refractivity contribution in [2.75, 3.05) is 5.73 Å². The molecule has 0 unspecified atom stereocenters. The van der Waals surface area contributed by atoms with Crippen LogP contribution in [-0.2, 0) is 6.18 Å². The molecule has 2 N–H and O–H groups in total. The van der Waals surface area contributed by atoms with Gasteiger partial charge in [-0.3, -0.25) is 0 Å². The van der Waals surface area contributed by atoms with E-state index >= 15 is 0 Å². The van der Waals surface area contributed by atoms with Crippen molar-refractivity contribution in [2.45, 2.75) is 50.6 Å². The second-order valence-corrected chi connectivity index (χ2v) is 6.46. The summed E-state index contributed by atoms with van der Waals surface area (Å²) in [6, 6.07) is 3.64. The number of halogens is 3. The van der Waals surface area contributed by atoms with Crippen LogP contribution in [0.1, 0.15) is 56.5 Å². The number of nitrogen functional groups attached to an aromatic ring is 1. The van der Waals surface area contributed by atoms with Crippen molar-refractivity contribution in [3.8, 4) is 5.69 Å². The largest absolute Gasteiger partial charge is 0.453 e. The zero-order valence-electron chi connectivity index (χ0n) is 13.3. The average molecular weight is 344 g/mol. The number of hydrogen-bond acceptors (Lipinski definition) is 4. The average Bonchev–Trinajstić information content (AvgIpc) is 2.79. The second-order valence-electron chi connectivity index (χ2n) is 5.98. The van der Waals surface area contributed by atoms with Crippen molar-refractivity contribution in [1.82, 2.24) is 14.8 Å². The van der Waals surface area contributed by atoms with Crippen molar-refractivity contribution in [3.63, 3.8) is 0 Å². The minimum Gasteiger partial charge on any atom is -0.368 e. The highest BCUT2D eigenvalue weighted by Gasteiger charge is 2.37. The summed E-state index contributed by atoms with van der Waals surface area (Å²) >= 11 is 4.45. The highest BCUT2D eigenvalue weighted by Crippen LogP contribution is 2.34. The minimum atomic E-state index is -4.64. The Bertz CT molecular complexity index is 720. The maximum absolute atomic E-state index is 12.8. The number of alkyl halides is 3. The van der Waals surface area contributed by atoms with Gasteiger partial charge in [0.2, 0.25) is 5.95 Å². The van der Waals surface area contributed by atoms with E-state index in [-0.39, 0.29) is 17.8 Å². The first-order valence-corrected chi connectivity index (χ1v) is 7.64. The highest BCUT2D eigenvalue weighted by molar-refractivity contribution is 7.80. The predicted octanol–water partition coefficient (Wildman–Crippen LogP) is 4.40. The molecule has 4 nitrogen and oxygen atoms in total. The number of hydrogen-bond donors (Lipinski definition) is 2. The third-order valence-corrected chi connectivity index (χ3v) is 3.92. The molecule has 0 saturated heterocycles. The first-order chi connectivity index (χ1) is 10.5. The molecule has 23 heavy (non-hydrogen) atoms. The third kappa shape index (κ3) is 3.46. The first-order valence-electron chi connectivity index (χ1n) is 7.19. The van der Waals surface area contributed by atoms with E-state index in [9.17, 15) is 13.2 Å². The van der Waals surface area contributed by atoms with Crippen LogP contribution in [0.3, 0.4) is 0 Å². The Morgan fingerprint density at radius 3 is 2.09 bits per heavy atom. The number of nitrogens with zero attached hydrogens (tertiary/aromatic N) is 3. The fourth-order valence-electron chi connectivity index (χ4n) is 2.34. The number of aromatic nitrogens is 3. The Hall–Kier alpha value is -1.70. The molecule has 0 aliphatic rings. The molecule has 0 fully saturated rings. The minimum absolute atomic E-state index is 0.0781. The van der Waals surface area contributed by atoms with Crippen molar-refractivity contribution < 1.29 is 13.2 Å². The lowest BCUT2D eigenvalue weighted by molar-refractivity contribution is -0.144. The van der Waals surface area contributed by atoms with E-state index in [1.165, 1.54) is 0 Å². The SMILES string of the molecule is CC(C)c1cc(C(C)C)c(-n2nc(C(F)(F)F)nc2N)cc1S. The van der Waals surface area contributed by atoms with Crippen LogP contribution < -0.4 is 5.73 Å². The Kier molecular flexibility index (Phi) is 4.66. The van der Waals surface area contributed by atoms with Crippen LogP contribution in [0, 0.1) is 0 Å². The van der Waals surface area contributed by atoms with E-state index in [0.717, 1.165) is 15.8 Å². The molecule has 8 heteroatoms. The van der Waals surface area contributed by atoms with Gasteiger partial charge < -0.3 is 5.73 Å². The van der Waals surface area contributed by atoms with Crippen LogP contribution in [0.15, 0.2) is 17.0 Å². The Balaban J connectivity index is 2.68. The summed E-state index contributed by atoms with van der Waals surface area (Å²) in [7, 11) is 0. The Morgan fingerprint density at radius 2 is 1.65 bits per heavy atom. The van der Waals surface area contributed by atoms with Gasteiger partial charge in [0.1, 0.15) is 0 Å². The molecule has 1 aromatic heterocycles. The molecule has 0 bridgehead atoms. The topological polar surface area (TPSA) is 56.7 Å². The number of rotatable bonds is 3. The zero-order chi connectivity index (χ0) is 17.5. The van der Waals surface area contributed by atoms with E-state index in [2.05, 4.69) is 22.7 Å².